The van der Waals surface area contributed by atoms with E-state index in [2.05, 4.69) is 5.32 Å². The highest BCUT2D eigenvalue weighted by atomic mass is 35.6. The van der Waals surface area contributed by atoms with E-state index >= 15 is 0 Å². The second-order valence-corrected chi connectivity index (χ2v) is 9.32. The number of likely N-dealkylation sites (tertiary alicyclic amines) is 1. The fourth-order valence-corrected chi connectivity index (χ4v) is 3.74. The van der Waals surface area contributed by atoms with Gasteiger partial charge >= 0.3 is 21.7 Å². The molecule has 0 aromatic heterocycles. The predicted octanol–water partition coefficient (Wildman–Crippen LogP) is 2.35. The van der Waals surface area contributed by atoms with Crippen molar-refractivity contribution in [2.24, 2.45) is 0 Å². The third-order valence-electron chi connectivity index (χ3n) is 4.99. The van der Waals surface area contributed by atoms with Gasteiger partial charge in [-0.05, 0) is 12.1 Å². The molecule has 1 aromatic rings. The molecule has 0 spiro atoms. The van der Waals surface area contributed by atoms with Crippen LogP contribution in [0.4, 0.5) is 13.2 Å². The average Bonchev–Trinajstić information content (AvgIpc) is 2.98. The highest BCUT2D eigenvalue weighted by Crippen LogP contribution is 2.48. The fraction of sp³-hybridized carbons (Fsp3) is 0.588. The molecule has 1 fully saturated rings. The third kappa shape index (κ3) is 4.25. The number of quaternary nitrogens is 1. The first-order chi connectivity index (χ1) is 12.9. The van der Waals surface area contributed by atoms with E-state index in [9.17, 15) is 13.2 Å². The number of benzene rings is 1. The largest absolute Gasteiger partial charge is 0.494 e. The zero-order valence-electron chi connectivity index (χ0n) is 15.2. The van der Waals surface area contributed by atoms with Crippen molar-refractivity contribution >= 4 is 40.6 Å². The molecule has 2 aliphatic heterocycles. The number of para-hydroxylation sites is 2. The Morgan fingerprint density at radius 1 is 1.14 bits per heavy atom. The van der Waals surface area contributed by atoms with E-state index in [1.165, 1.54) is 24.1 Å². The number of piperidine rings is 1. The van der Waals surface area contributed by atoms with Gasteiger partial charge in [-0.2, -0.15) is 18.5 Å². The molecule has 5 nitrogen and oxygen atoms in total. The van der Waals surface area contributed by atoms with Gasteiger partial charge in [0.2, 0.25) is 0 Å². The van der Waals surface area contributed by atoms with Crippen molar-refractivity contribution in [1.82, 2.24) is 5.32 Å². The maximum atomic E-state index is 14.0. The molecule has 1 aromatic carbocycles. The first-order valence-electron chi connectivity index (χ1n) is 8.73. The minimum absolute atomic E-state index is 0.174. The van der Waals surface area contributed by atoms with Crippen LogP contribution in [0.15, 0.2) is 24.3 Å². The molecule has 2 aliphatic rings. The number of amidine groups is 1. The summed E-state index contributed by atoms with van der Waals surface area (Å²) in [4.78, 5) is 1.28. The molecule has 0 radical (unpaired) electrons. The van der Waals surface area contributed by atoms with E-state index < -0.39 is 21.7 Å². The summed E-state index contributed by atoms with van der Waals surface area (Å²) < 4.78 is 51.8. The van der Waals surface area contributed by atoms with Crippen molar-refractivity contribution in [3.05, 3.63) is 24.3 Å². The van der Waals surface area contributed by atoms with E-state index in [0.717, 1.165) is 17.7 Å². The first kappa shape index (κ1) is 21.6. The normalized spacial score (nSPS) is 25.3. The zero-order chi connectivity index (χ0) is 20.7. The van der Waals surface area contributed by atoms with Crippen LogP contribution in [-0.4, -0.2) is 59.5 Å². The predicted molar refractivity (Wildman–Crippen MR) is 101 cm³/mol. The molecule has 156 valence electrons. The lowest BCUT2D eigenvalue weighted by molar-refractivity contribution is -0.889. The molecule has 0 saturated carbocycles. The molecule has 2 heterocycles. The lowest BCUT2D eigenvalue weighted by atomic mass is 10.1. The standard InChI is InChI=1S/C17H19Cl3F3N3O2/c1-25-9-7-11(8-10-25)26(2)14(15(21,22)23)24-17(16(18,19)20)27-12-5-3-4-6-13(12)28-17/h3-6,11H,7-10H2,1-2H3/p+2. The minimum Gasteiger partial charge on any atom is -0.411 e. The number of fused-ring (bicyclic) bond motifs is 1. The summed E-state index contributed by atoms with van der Waals surface area (Å²) in [6, 6.07) is 6.00. The van der Waals surface area contributed by atoms with Gasteiger partial charge < -0.3 is 14.4 Å². The van der Waals surface area contributed by atoms with Crippen molar-refractivity contribution in [3.8, 4) is 11.5 Å². The quantitative estimate of drug-likeness (QED) is 0.307. The smallest absolute Gasteiger partial charge is 0.411 e. The maximum Gasteiger partial charge on any atom is 0.494 e. The molecule has 0 aliphatic carbocycles. The Hall–Kier alpha value is -1.09. The van der Waals surface area contributed by atoms with Gasteiger partial charge in [-0.25, -0.2) is 0 Å². The SMILES string of the molecule is C[N+](=C(NC1(C(Cl)(Cl)Cl)Oc2ccccc2O1)C(F)(F)F)C1CC[NH+](C)CC1. The first-order valence-corrected chi connectivity index (χ1v) is 9.86. The molecule has 0 unspecified atom stereocenters. The number of ether oxygens (including phenoxy) is 2. The van der Waals surface area contributed by atoms with Crippen LogP contribution in [0.3, 0.4) is 0 Å². The van der Waals surface area contributed by atoms with Crippen LogP contribution in [0.5, 0.6) is 11.5 Å². The van der Waals surface area contributed by atoms with Crippen molar-refractivity contribution in [3.63, 3.8) is 0 Å². The maximum absolute atomic E-state index is 14.0. The highest BCUT2D eigenvalue weighted by Gasteiger charge is 2.66. The molecule has 3 rings (SSSR count). The highest BCUT2D eigenvalue weighted by molar-refractivity contribution is 6.68. The van der Waals surface area contributed by atoms with Crippen LogP contribution in [0.2, 0.25) is 0 Å². The Balaban J connectivity index is 1.98. The molecule has 1 saturated heterocycles. The van der Waals surface area contributed by atoms with Gasteiger partial charge in [0.25, 0.3) is 0 Å². The molecular formula is C17H21Cl3F3N3O2+2. The molecule has 0 atom stereocenters. The minimum atomic E-state index is -4.74. The van der Waals surface area contributed by atoms with Gasteiger partial charge in [0, 0.05) is 12.8 Å². The molecule has 0 bridgehead atoms. The molecular weight excluding hydrogens is 442 g/mol. The molecule has 2 N–H and O–H groups in total. The van der Waals surface area contributed by atoms with Gasteiger partial charge in [-0.1, -0.05) is 46.9 Å². The average molecular weight is 463 g/mol. The summed E-state index contributed by atoms with van der Waals surface area (Å²) in [5, 5.41) is 2.24. The summed E-state index contributed by atoms with van der Waals surface area (Å²) in [6.45, 7) is 1.54. The van der Waals surface area contributed by atoms with E-state index in [4.69, 9.17) is 44.3 Å². The lowest BCUT2D eigenvalue weighted by Crippen LogP contribution is -3.10. The Labute approximate surface area is 175 Å². The molecule has 28 heavy (non-hydrogen) atoms. The van der Waals surface area contributed by atoms with Crippen LogP contribution >= 0.6 is 34.8 Å². The molecule has 11 heteroatoms. The van der Waals surface area contributed by atoms with Gasteiger partial charge in [0.05, 0.1) is 27.2 Å². The van der Waals surface area contributed by atoms with Crippen LogP contribution < -0.4 is 19.7 Å². The van der Waals surface area contributed by atoms with E-state index in [-0.39, 0.29) is 17.5 Å². The van der Waals surface area contributed by atoms with Crippen molar-refractivity contribution < 1.29 is 32.1 Å². The number of nitrogens with zero attached hydrogens (tertiary/aromatic N) is 1. The Morgan fingerprint density at radius 3 is 2.07 bits per heavy atom. The summed E-state index contributed by atoms with van der Waals surface area (Å²) in [6.07, 6.45) is -3.53. The fourth-order valence-electron chi connectivity index (χ4n) is 3.37. The van der Waals surface area contributed by atoms with Crippen molar-refractivity contribution in [2.75, 3.05) is 27.2 Å². The summed E-state index contributed by atoms with van der Waals surface area (Å²) in [5.41, 5.74) is 0. The van der Waals surface area contributed by atoms with E-state index in [1.807, 2.05) is 7.05 Å². The van der Waals surface area contributed by atoms with Crippen molar-refractivity contribution in [1.29, 1.82) is 0 Å². The van der Waals surface area contributed by atoms with E-state index in [1.54, 1.807) is 12.1 Å². The Kier molecular flexibility index (Phi) is 5.89. The topological polar surface area (TPSA) is 37.9 Å². The second-order valence-electron chi connectivity index (χ2n) is 7.04. The van der Waals surface area contributed by atoms with Crippen LogP contribution in [-0.2, 0) is 0 Å². The van der Waals surface area contributed by atoms with Crippen LogP contribution in [0.25, 0.3) is 0 Å². The number of hydrogen-bond acceptors (Lipinski definition) is 2. The van der Waals surface area contributed by atoms with Gasteiger partial charge in [0.15, 0.2) is 11.5 Å². The Morgan fingerprint density at radius 2 is 1.64 bits per heavy atom. The third-order valence-corrected chi connectivity index (χ3v) is 5.74. The number of alkyl halides is 6. The zero-order valence-corrected chi connectivity index (χ0v) is 17.5. The number of halogens is 6. The van der Waals surface area contributed by atoms with E-state index in [0.29, 0.717) is 12.8 Å². The lowest BCUT2D eigenvalue weighted by Gasteiger charge is -2.32. The van der Waals surface area contributed by atoms with Crippen LogP contribution in [0.1, 0.15) is 12.8 Å². The van der Waals surface area contributed by atoms with Gasteiger partial charge in [-0.15, -0.1) is 0 Å². The number of rotatable bonds is 2. The number of hydrogen-bond donors (Lipinski definition) is 2. The summed E-state index contributed by atoms with van der Waals surface area (Å²) in [5.74, 6) is -3.10. The monoisotopic (exact) mass is 461 g/mol. The Bertz CT molecular complexity index is 735. The number of nitrogens with one attached hydrogen (secondary N) is 2. The second kappa shape index (κ2) is 7.63. The summed E-state index contributed by atoms with van der Waals surface area (Å²) >= 11 is 18.0. The van der Waals surface area contributed by atoms with Gasteiger partial charge in [-0.3, -0.25) is 4.58 Å². The van der Waals surface area contributed by atoms with Crippen LogP contribution in [0, 0.1) is 0 Å². The molecule has 0 amide bonds. The van der Waals surface area contributed by atoms with Gasteiger partial charge in [0.1, 0.15) is 6.04 Å². The van der Waals surface area contributed by atoms with Crippen molar-refractivity contribution in [2.45, 2.75) is 34.8 Å². The summed E-state index contributed by atoms with van der Waals surface area (Å²) in [7, 11) is 3.38.